The van der Waals surface area contributed by atoms with E-state index in [1.807, 2.05) is 6.79 Å². The minimum atomic E-state index is 1.16. The standard InChI is InChI=1S/C7H13N.CH2O/c1-2-8-6-4-3-5-7-8;1-2/h3-4H,2,5-7H2,1H3;1H2. The maximum absolute atomic E-state index is 8.00. The Morgan fingerprint density at radius 1 is 1.50 bits per heavy atom. The van der Waals surface area contributed by atoms with Gasteiger partial charge in [0.2, 0.25) is 0 Å². The summed E-state index contributed by atoms with van der Waals surface area (Å²) in [5.74, 6) is 0. The van der Waals surface area contributed by atoms with E-state index in [2.05, 4.69) is 24.0 Å². The van der Waals surface area contributed by atoms with Crippen molar-refractivity contribution in [2.45, 2.75) is 13.3 Å². The Morgan fingerprint density at radius 3 is 2.50 bits per heavy atom. The summed E-state index contributed by atoms with van der Waals surface area (Å²) in [6.45, 7) is 7.83. The first-order chi connectivity index (χ1) is 4.93. The van der Waals surface area contributed by atoms with E-state index in [-0.39, 0.29) is 0 Å². The van der Waals surface area contributed by atoms with Gasteiger partial charge in [0, 0.05) is 13.1 Å². The third-order valence-electron chi connectivity index (χ3n) is 1.59. The number of carbonyl (C=O) groups excluding carboxylic acids is 1. The van der Waals surface area contributed by atoms with Crippen molar-refractivity contribution in [1.29, 1.82) is 0 Å². The van der Waals surface area contributed by atoms with Crippen LogP contribution in [0.25, 0.3) is 0 Å². The van der Waals surface area contributed by atoms with Crippen molar-refractivity contribution in [3.8, 4) is 0 Å². The largest absolute Gasteiger partial charge is 0.307 e. The van der Waals surface area contributed by atoms with Gasteiger partial charge in [0.05, 0.1) is 0 Å². The number of hydrogen-bond donors (Lipinski definition) is 0. The number of rotatable bonds is 1. The van der Waals surface area contributed by atoms with Crippen LogP contribution in [0.3, 0.4) is 0 Å². The Kier molecular flexibility index (Phi) is 6.08. The van der Waals surface area contributed by atoms with Crippen LogP contribution in [0.4, 0.5) is 0 Å². The van der Waals surface area contributed by atoms with E-state index >= 15 is 0 Å². The Bertz CT molecular complexity index is 101. The molecule has 0 bridgehead atoms. The van der Waals surface area contributed by atoms with Crippen LogP contribution in [0.2, 0.25) is 0 Å². The summed E-state index contributed by atoms with van der Waals surface area (Å²) in [6.07, 6.45) is 5.74. The quantitative estimate of drug-likeness (QED) is 0.509. The van der Waals surface area contributed by atoms with Gasteiger partial charge in [0.15, 0.2) is 0 Å². The van der Waals surface area contributed by atoms with Crippen LogP contribution in [0.5, 0.6) is 0 Å². The molecule has 0 N–H and O–H groups in total. The molecule has 0 aromatic heterocycles. The number of likely N-dealkylation sites (N-methyl/N-ethyl adjacent to an activating group) is 1. The first kappa shape index (κ1) is 9.37. The summed E-state index contributed by atoms with van der Waals surface area (Å²) in [4.78, 5) is 10.4. The molecule has 0 radical (unpaired) electrons. The topological polar surface area (TPSA) is 20.3 Å². The van der Waals surface area contributed by atoms with Gasteiger partial charge < -0.3 is 4.79 Å². The molecule has 0 saturated carbocycles. The molecule has 0 aromatic rings. The van der Waals surface area contributed by atoms with E-state index in [1.54, 1.807) is 0 Å². The lowest BCUT2D eigenvalue weighted by Crippen LogP contribution is -2.26. The Labute approximate surface area is 62.5 Å². The molecular formula is C8H15NO. The predicted molar refractivity (Wildman–Crippen MR) is 43.0 cm³/mol. The lowest BCUT2D eigenvalue weighted by atomic mass is 10.2. The van der Waals surface area contributed by atoms with Gasteiger partial charge in [-0.1, -0.05) is 19.1 Å². The van der Waals surface area contributed by atoms with Crippen molar-refractivity contribution in [2.24, 2.45) is 0 Å². The number of carbonyl (C=O) groups is 1. The van der Waals surface area contributed by atoms with Gasteiger partial charge in [-0.2, -0.15) is 0 Å². The van der Waals surface area contributed by atoms with Crippen molar-refractivity contribution in [2.75, 3.05) is 19.6 Å². The molecule has 0 aliphatic carbocycles. The molecule has 0 unspecified atom stereocenters. The van der Waals surface area contributed by atoms with E-state index in [0.717, 1.165) is 6.54 Å². The summed E-state index contributed by atoms with van der Waals surface area (Å²) in [5.41, 5.74) is 0. The van der Waals surface area contributed by atoms with E-state index in [9.17, 15) is 0 Å². The number of nitrogens with zero attached hydrogens (tertiary/aromatic N) is 1. The van der Waals surface area contributed by atoms with E-state index in [1.165, 1.54) is 19.5 Å². The molecule has 1 heterocycles. The zero-order chi connectivity index (χ0) is 7.82. The lowest BCUT2D eigenvalue weighted by Gasteiger charge is -2.20. The van der Waals surface area contributed by atoms with Gasteiger partial charge >= 0.3 is 0 Å². The summed E-state index contributed by atoms with van der Waals surface area (Å²) in [6, 6.07) is 0. The van der Waals surface area contributed by atoms with Crippen LogP contribution in [-0.4, -0.2) is 31.3 Å². The highest BCUT2D eigenvalue weighted by Crippen LogP contribution is 1.98. The van der Waals surface area contributed by atoms with Crippen LogP contribution in [-0.2, 0) is 4.79 Å². The van der Waals surface area contributed by atoms with Crippen molar-refractivity contribution in [3.05, 3.63) is 12.2 Å². The molecule has 1 aliphatic heterocycles. The maximum Gasteiger partial charge on any atom is 0.106 e. The van der Waals surface area contributed by atoms with Crippen molar-refractivity contribution >= 4 is 6.79 Å². The highest BCUT2D eigenvalue weighted by molar-refractivity contribution is 5.10. The van der Waals surface area contributed by atoms with Crippen molar-refractivity contribution in [1.82, 2.24) is 4.90 Å². The van der Waals surface area contributed by atoms with E-state index in [0.29, 0.717) is 0 Å². The molecule has 2 heteroatoms. The molecule has 58 valence electrons. The van der Waals surface area contributed by atoms with Gasteiger partial charge in [-0.05, 0) is 13.0 Å². The fraction of sp³-hybridized carbons (Fsp3) is 0.625. The Balaban J connectivity index is 0.000000371. The second-order valence-corrected chi connectivity index (χ2v) is 2.15. The van der Waals surface area contributed by atoms with Crippen LogP contribution < -0.4 is 0 Å². The minimum absolute atomic E-state index is 1.16. The molecule has 0 aromatic carbocycles. The van der Waals surface area contributed by atoms with Gasteiger partial charge in [-0.3, -0.25) is 4.90 Å². The predicted octanol–water partition coefficient (Wildman–Crippen LogP) is 1.08. The SMILES string of the molecule is C=O.CCN1CC=CCC1. The highest BCUT2D eigenvalue weighted by Gasteiger charge is 2.00. The third kappa shape index (κ3) is 3.41. The zero-order valence-corrected chi connectivity index (χ0v) is 6.55. The van der Waals surface area contributed by atoms with Gasteiger partial charge in [0.25, 0.3) is 0 Å². The molecule has 0 spiro atoms. The minimum Gasteiger partial charge on any atom is -0.307 e. The number of hydrogen-bond acceptors (Lipinski definition) is 2. The summed E-state index contributed by atoms with van der Waals surface area (Å²) < 4.78 is 0. The first-order valence-electron chi connectivity index (χ1n) is 3.59. The smallest absolute Gasteiger partial charge is 0.106 e. The molecule has 0 fully saturated rings. The molecule has 0 atom stereocenters. The van der Waals surface area contributed by atoms with Crippen molar-refractivity contribution in [3.63, 3.8) is 0 Å². The fourth-order valence-corrected chi connectivity index (χ4v) is 0.977. The van der Waals surface area contributed by atoms with E-state index in [4.69, 9.17) is 4.79 Å². The maximum atomic E-state index is 8.00. The molecule has 0 saturated heterocycles. The van der Waals surface area contributed by atoms with E-state index < -0.39 is 0 Å². The van der Waals surface area contributed by atoms with Gasteiger partial charge in [-0.25, -0.2) is 0 Å². The van der Waals surface area contributed by atoms with Crippen LogP contribution >= 0.6 is 0 Å². The Hall–Kier alpha value is -0.630. The third-order valence-corrected chi connectivity index (χ3v) is 1.59. The summed E-state index contributed by atoms with van der Waals surface area (Å²) >= 11 is 0. The van der Waals surface area contributed by atoms with Crippen LogP contribution in [0, 0.1) is 0 Å². The summed E-state index contributed by atoms with van der Waals surface area (Å²) in [5, 5.41) is 0. The second-order valence-electron chi connectivity index (χ2n) is 2.15. The molecule has 0 amide bonds. The highest BCUT2D eigenvalue weighted by atomic mass is 16.1. The molecule has 1 rings (SSSR count). The Morgan fingerprint density at radius 2 is 2.20 bits per heavy atom. The lowest BCUT2D eigenvalue weighted by molar-refractivity contribution is -0.0979. The normalized spacial score (nSPS) is 17.7. The molecule has 1 aliphatic rings. The van der Waals surface area contributed by atoms with Crippen molar-refractivity contribution < 1.29 is 4.79 Å². The van der Waals surface area contributed by atoms with Crippen LogP contribution in [0.15, 0.2) is 12.2 Å². The average Bonchev–Trinajstić information content (AvgIpc) is 2.10. The second kappa shape index (κ2) is 6.49. The van der Waals surface area contributed by atoms with Gasteiger partial charge in [0.1, 0.15) is 6.79 Å². The molecule has 2 nitrogen and oxygen atoms in total. The zero-order valence-electron chi connectivity index (χ0n) is 6.55. The van der Waals surface area contributed by atoms with Gasteiger partial charge in [-0.15, -0.1) is 0 Å². The summed E-state index contributed by atoms with van der Waals surface area (Å²) in [7, 11) is 0. The molecular weight excluding hydrogens is 126 g/mol. The fourth-order valence-electron chi connectivity index (χ4n) is 0.977. The van der Waals surface area contributed by atoms with Crippen LogP contribution in [0.1, 0.15) is 13.3 Å². The monoisotopic (exact) mass is 141 g/mol. The average molecular weight is 141 g/mol. The first-order valence-corrected chi connectivity index (χ1v) is 3.59. The molecule has 10 heavy (non-hydrogen) atoms.